The number of benzene rings is 2. The Morgan fingerprint density at radius 2 is 1.88 bits per heavy atom. The summed E-state index contributed by atoms with van der Waals surface area (Å²) in [6.45, 7) is 0.859. The molecule has 0 radical (unpaired) electrons. The second-order valence-electron chi connectivity index (χ2n) is 6.05. The van der Waals surface area contributed by atoms with Crippen molar-refractivity contribution in [3.63, 3.8) is 0 Å². The molecule has 1 heterocycles. The predicted molar refractivity (Wildman–Crippen MR) is 93.7 cm³/mol. The van der Waals surface area contributed by atoms with Crippen molar-refractivity contribution < 1.29 is 17.9 Å². The Bertz CT molecular complexity index is 863. The van der Waals surface area contributed by atoms with Crippen molar-refractivity contribution in [1.82, 2.24) is 5.32 Å². The van der Waals surface area contributed by atoms with E-state index in [1.54, 1.807) is 12.1 Å². The maximum absolute atomic E-state index is 12.3. The Kier molecular flexibility index (Phi) is 5.06. The van der Waals surface area contributed by atoms with Gasteiger partial charge in [0.25, 0.3) is 0 Å². The number of nitrogens with one attached hydrogen (secondary N) is 1. The lowest BCUT2D eigenvalue weighted by molar-refractivity contribution is -0.126. The van der Waals surface area contributed by atoms with Crippen LogP contribution in [-0.4, -0.2) is 27.5 Å². The third-order valence-corrected chi connectivity index (χ3v) is 5.14. The van der Waals surface area contributed by atoms with Gasteiger partial charge in [-0.1, -0.05) is 30.3 Å². The van der Waals surface area contributed by atoms with E-state index < -0.39 is 10.0 Å². The fraction of sp³-hybridized carbons (Fsp3) is 0.278. The molecule has 1 atom stereocenters. The van der Waals surface area contributed by atoms with E-state index in [9.17, 15) is 13.2 Å². The van der Waals surface area contributed by atoms with Crippen LogP contribution in [0.2, 0.25) is 0 Å². The highest BCUT2D eigenvalue weighted by Gasteiger charge is 2.25. The van der Waals surface area contributed by atoms with E-state index in [0.717, 1.165) is 16.9 Å². The first-order valence-corrected chi connectivity index (χ1v) is 9.58. The van der Waals surface area contributed by atoms with Crippen LogP contribution < -0.4 is 15.2 Å². The molecule has 0 bridgehead atoms. The molecule has 7 heteroatoms. The van der Waals surface area contributed by atoms with Crippen LogP contribution in [0.5, 0.6) is 5.75 Å². The van der Waals surface area contributed by atoms with Crippen LogP contribution in [0, 0.1) is 5.92 Å². The fourth-order valence-corrected chi connectivity index (χ4v) is 3.33. The minimum absolute atomic E-state index is 0.0318. The number of nitrogens with two attached hydrogens (primary N) is 1. The Balaban J connectivity index is 1.50. The normalized spacial score (nSPS) is 16.6. The van der Waals surface area contributed by atoms with Gasteiger partial charge in [-0.15, -0.1) is 0 Å². The van der Waals surface area contributed by atoms with Gasteiger partial charge >= 0.3 is 0 Å². The molecule has 2 aromatic rings. The van der Waals surface area contributed by atoms with E-state index in [4.69, 9.17) is 9.88 Å². The van der Waals surface area contributed by atoms with Crippen LogP contribution in [0.1, 0.15) is 11.1 Å². The molecule has 6 nitrogen and oxygen atoms in total. The Morgan fingerprint density at radius 3 is 2.60 bits per heavy atom. The molecular weight excluding hydrogens is 340 g/mol. The van der Waals surface area contributed by atoms with Crippen LogP contribution in [0.3, 0.4) is 0 Å². The third-order valence-electron chi connectivity index (χ3n) is 4.21. The average molecular weight is 360 g/mol. The number of carbonyl (C=O) groups excluding carboxylic acids is 1. The molecule has 0 aliphatic carbocycles. The van der Waals surface area contributed by atoms with Gasteiger partial charge in [0, 0.05) is 6.54 Å². The maximum atomic E-state index is 12.3. The van der Waals surface area contributed by atoms with Gasteiger partial charge in [-0.05, 0) is 42.2 Å². The van der Waals surface area contributed by atoms with E-state index in [1.165, 1.54) is 12.1 Å². The smallest absolute Gasteiger partial charge is 0.238 e. The summed E-state index contributed by atoms with van der Waals surface area (Å²) in [6.07, 6.45) is 1.28. The summed E-state index contributed by atoms with van der Waals surface area (Å²) in [6, 6.07) is 14.1. The Hall–Kier alpha value is -2.38. The molecule has 25 heavy (non-hydrogen) atoms. The lowest BCUT2D eigenvalue weighted by atomic mass is 9.96. The van der Waals surface area contributed by atoms with Gasteiger partial charge < -0.3 is 10.1 Å². The minimum atomic E-state index is -3.68. The minimum Gasteiger partial charge on any atom is -0.492 e. The molecule has 0 spiro atoms. The van der Waals surface area contributed by atoms with Crippen LogP contribution in [0.15, 0.2) is 53.4 Å². The first kappa shape index (κ1) is 17.4. The van der Waals surface area contributed by atoms with E-state index in [2.05, 4.69) is 5.32 Å². The molecule has 1 amide bonds. The van der Waals surface area contributed by atoms with Gasteiger partial charge in [-0.3, -0.25) is 4.79 Å². The number of hydrogen-bond acceptors (Lipinski definition) is 4. The molecule has 0 fully saturated rings. The summed E-state index contributed by atoms with van der Waals surface area (Å²) < 4.78 is 28.1. The Morgan fingerprint density at radius 1 is 1.16 bits per heavy atom. The van der Waals surface area contributed by atoms with E-state index in [1.807, 2.05) is 24.3 Å². The number of ether oxygens (including phenoxy) is 1. The molecule has 0 aromatic heterocycles. The standard InChI is InChI=1S/C18H20N2O4S/c19-25(22,23)16-7-5-13(6-8-16)9-10-20-18(21)15-11-14-3-1-2-4-17(14)24-12-15/h1-8,15H,9-12H2,(H,20,21)(H2,19,22,23)/t15-/m1/s1. The van der Waals surface area contributed by atoms with Gasteiger partial charge in [0.05, 0.1) is 10.8 Å². The monoisotopic (exact) mass is 360 g/mol. The predicted octanol–water partition coefficient (Wildman–Crippen LogP) is 1.24. The van der Waals surface area contributed by atoms with Crippen molar-refractivity contribution in [1.29, 1.82) is 0 Å². The molecule has 1 aliphatic heterocycles. The van der Waals surface area contributed by atoms with Gasteiger partial charge in [0.15, 0.2) is 0 Å². The number of carbonyl (C=O) groups is 1. The number of hydrogen-bond donors (Lipinski definition) is 2. The van der Waals surface area contributed by atoms with Gasteiger partial charge in [-0.25, -0.2) is 13.6 Å². The molecule has 2 aromatic carbocycles. The molecule has 0 unspecified atom stereocenters. The van der Waals surface area contributed by atoms with Crippen molar-refractivity contribution >= 4 is 15.9 Å². The van der Waals surface area contributed by atoms with Crippen molar-refractivity contribution in [2.24, 2.45) is 11.1 Å². The number of primary sulfonamides is 1. The number of fused-ring (bicyclic) bond motifs is 1. The Labute approximate surface area is 147 Å². The molecule has 0 saturated carbocycles. The number of amides is 1. The molecule has 132 valence electrons. The summed E-state index contributed by atoms with van der Waals surface area (Å²) in [5.74, 6) is 0.622. The van der Waals surface area contributed by atoms with Crippen LogP contribution in [-0.2, 0) is 27.7 Å². The number of sulfonamides is 1. The van der Waals surface area contributed by atoms with Crippen LogP contribution in [0.25, 0.3) is 0 Å². The first-order chi connectivity index (χ1) is 11.9. The van der Waals surface area contributed by atoms with Crippen molar-refractivity contribution in [3.8, 4) is 5.75 Å². The zero-order valence-electron chi connectivity index (χ0n) is 13.6. The highest BCUT2D eigenvalue weighted by molar-refractivity contribution is 7.89. The zero-order valence-corrected chi connectivity index (χ0v) is 14.5. The van der Waals surface area contributed by atoms with Gasteiger partial charge in [0.2, 0.25) is 15.9 Å². The first-order valence-electron chi connectivity index (χ1n) is 8.03. The lowest BCUT2D eigenvalue weighted by Crippen LogP contribution is -2.38. The zero-order chi connectivity index (χ0) is 17.9. The highest BCUT2D eigenvalue weighted by atomic mass is 32.2. The van der Waals surface area contributed by atoms with Crippen LogP contribution >= 0.6 is 0 Å². The third kappa shape index (κ3) is 4.37. The van der Waals surface area contributed by atoms with Crippen molar-refractivity contribution in [3.05, 3.63) is 59.7 Å². The van der Waals surface area contributed by atoms with E-state index in [-0.39, 0.29) is 16.7 Å². The number of para-hydroxylation sites is 1. The summed E-state index contributed by atoms with van der Waals surface area (Å²) in [5.41, 5.74) is 1.98. The fourth-order valence-electron chi connectivity index (χ4n) is 2.82. The second-order valence-corrected chi connectivity index (χ2v) is 7.61. The maximum Gasteiger partial charge on any atom is 0.238 e. The van der Waals surface area contributed by atoms with Crippen molar-refractivity contribution in [2.45, 2.75) is 17.7 Å². The highest BCUT2D eigenvalue weighted by Crippen LogP contribution is 2.26. The molecule has 0 saturated heterocycles. The van der Waals surface area contributed by atoms with Gasteiger partial charge in [-0.2, -0.15) is 0 Å². The van der Waals surface area contributed by atoms with Gasteiger partial charge in [0.1, 0.15) is 12.4 Å². The molecule has 3 rings (SSSR count). The van der Waals surface area contributed by atoms with Crippen molar-refractivity contribution in [2.75, 3.05) is 13.2 Å². The lowest BCUT2D eigenvalue weighted by Gasteiger charge is -2.24. The topological polar surface area (TPSA) is 98.5 Å². The average Bonchev–Trinajstić information content (AvgIpc) is 2.61. The molecule has 3 N–H and O–H groups in total. The summed E-state index contributed by atoms with van der Waals surface area (Å²) >= 11 is 0. The number of rotatable bonds is 5. The summed E-state index contributed by atoms with van der Waals surface area (Å²) in [7, 11) is -3.68. The van der Waals surface area contributed by atoms with E-state index in [0.29, 0.717) is 26.0 Å². The largest absolute Gasteiger partial charge is 0.492 e. The quantitative estimate of drug-likeness (QED) is 0.838. The second kappa shape index (κ2) is 7.25. The van der Waals surface area contributed by atoms with E-state index >= 15 is 0 Å². The summed E-state index contributed by atoms with van der Waals surface area (Å²) in [5, 5.41) is 7.98. The van der Waals surface area contributed by atoms with Crippen LogP contribution in [0.4, 0.5) is 0 Å². The molecule has 1 aliphatic rings. The summed E-state index contributed by atoms with van der Waals surface area (Å²) in [4.78, 5) is 12.4. The SMILES string of the molecule is NS(=O)(=O)c1ccc(CCNC(=O)[C@H]2COc3ccccc3C2)cc1. The molecular formula is C18H20N2O4S.